The molecule has 0 heterocycles. The van der Waals surface area contributed by atoms with Crippen molar-refractivity contribution in [2.45, 2.75) is 49.8 Å². The van der Waals surface area contributed by atoms with Crippen LogP contribution in [-0.2, 0) is 4.79 Å². The summed E-state index contributed by atoms with van der Waals surface area (Å²) in [7, 11) is 0. The SMILES string of the molecule is CCCC(NC(=O)c1ccccc1SC(C)C)C(=O)O. The van der Waals surface area contributed by atoms with Gasteiger partial charge in [0.2, 0.25) is 0 Å². The van der Waals surface area contributed by atoms with Crippen LogP contribution in [0.15, 0.2) is 29.2 Å². The van der Waals surface area contributed by atoms with E-state index in [1.807, 2.05) is 19.1 Å². The Bertz CT molecular complexity index is 474. The Balaban J connectivity index is 2.88. The molecule has 0 aliphatic carbocycles. The number of rotatable bonds is 7. The van der Waals surface area contributed by atoms with Crippen molar-refractivity contribution >= 4 is 23.6 Å². The van der Waals surface area contributed by atoms with E-state index >= 15 is 0 Å². The molecule has 0 aliphatic heterocycles. The summed E-state index contributed by atoms with van der Waals surface area (Å²) in [5.74, 6) is -1.32. The van der Waals surface area contributed by atoms with E-state index in [0.29, 0.717) is 23.7 Å². The van der Waals surface area contributed by atoms with Crippen molar-refractivity contribution in [2.24, 2.45) is 0 Å². The molecule has 4 nitrogen and oxygen atoms in total. The topological polar surface area (TPSA) is 66.4 Å². The van der Waals surface area contributed by atoms with Crippen molar-refractivity contribution < 1.29 is 14.7 Å². The zero-order valence-electron chi connectivity index (χ0n) is 12.1. The van der Waals surface area contributed by atoms with Gasteiger partial charge < -0.3 is 10.4 Å². The van der Waals surface area contributed by atoms with Gasteiger partial charge in [0, 0.05) is 10.1 Å². The number of carboxylic acids is 1. The highest BCUT2D eigenvalue weighted by Crippen LogP contribution is 2.26. The molecule has 0 bridgehead atoms. The maximum atomic E-state index is 12.2. The first kappa shape index (κ1) is 16.6. The second-order valence-corrected chi connectivity index (χ2v) is 6.43. The first-order chi connectivity index (χ1) is 9.45. The molecule has 0 saturated carbocycles. The average molecular weight is 295 g/mol. The second kappa shape index (κ2) is 7.94. The molecule has 1 unspecified atom stereocenters. The lowest BCUT2D eigenvalue weighted by Gasteiger charge is -2.16. The van der Waals surface area contributed by atoms with Crippen LogP contribution in [0.2, 0.25) is 0 Å². The molecule has 110 valence electrons. The summed E-state index contributed by atoms with van der Waals surface area (Å²) in [6.45, 7) is 6.00. The number of hydrogen-bond donors (Lipinski definition) is 2. The highest BCUT2D eigenvalue weighted by Gasteiger charge is 2.21. The molecular weight excluding hydrogens is 274 g/mol. The molecule has 1 aromatic carbocycles. The summed E-state index contributed by atoms with van der Waals surface area (Å²) >= 11 is 1.59. The van der Waals surface area contributed by atoms with E-state index in [9.17, 15) is 9.59 Å². The molecule has 0 fully saturated rings. The van der Waals surface area contributed by atoms with E-state index in [2.05, 4.69) is 19.2 Å². The molecule has 5 heteroatoms. The van der Waals surface area contributed by atoms with Crippen LogP contribution < -0.4 is 5.32 Å². The molecule has 1 rings (SSSR count). The number of nitrogens with one attached hydrogen (secondary N) is 1. The summed E-state index contributed by atoms with van der Waals surface area (Å²) in [5.41, 5.74) is 0.536. The number of carbonyl (C=O) groups is 2. The van der Waals surface area contributed by atoms with E-state index in [1.165, 1.54) is 0 Å². The first-order valence-corrected chi connectivity index (χ1v) is 7.63. The largest absolute Gasteiger partial charge is 0.480 e. The Labute approximate surface area is 124 Å². The molecular formula is C15H21NO3S. The molecule has 0 radical (unpaired) electrons. The number of benzene rings is 1. The normalized spacial score (nSPS) is 12.2. The summed E-state index contributed by atoms with van der Waals surface area (Å²) in [6.07, 6.45) is 1.14. The molecule has 1 atom stereocenters. The summed E-state index contributed by atoms with van der Waals surface area (Å²) in [6, 6.07) is 6.45. The number of aliphatic carboxylic acids is 1. The number of thioether (sulfide) groups is 1. The number of carbonyl (C=O) groups excluding carboxylic acids is 1. The fraction of sp³-hybridized carbons (Fsp3) is 0.467. The van der Waals surface area contributed by atoms with Gasteiger partial charge >= 0.3 is 5.97 Å². The van der Waals surface area contributed by atoms with Gasteiger partial charge in [-0.2, -0.15) is 0 Å². The fourth-order valence-electron chi connectivity index (χ4n) is 1.79. The van der Waals surface area contributed by atoms with Crippen molar-refractivity contribution in [3.63, 3.8) is 0 Å². The van der Waals surface area contributed by atoms with Gasteiger partial charge in [0.25, 0.3) is 5.91 Å². The Morgan fingerprint density at radius 1 is 1.30 bits per heavy atom. The van der Waals surface area contributed by atoms with Gasteiger partial charge in [-0.1, -0.05) is 39.3 Å². The minimum atomic E-state index is -0.991. The minimum absolute atomic E-state index is 0.324. The smallest absolute Gasteiger partial charge is 0.326 e. The third-order valence-corrected chi connectivity index (χ3v) is 3.76. The zero-order valence-corrected chi connectivity index (χ0v) is 12.9. The second-order valence-electron chi connectivity index (χ2n) is 4.82. The maximum absolute atomic E-state index is 12.2. The van der Waals surface area contributed by atoms with E-state index in [4.69, 9.17) is 5.11 Å². The lowest BCUT2D eigenvalue weighted by atomic mass is 10.1. The number of amides is 1. The van der Waals surface area contributed by atoms with E-state index in [1.54, 1.807) is 23.9 Å². The molecule has 20 heavy (non-hydrogen) atoms. The van der Waals surface area contributed by atoms with Crippen LogP contribution in [-0.4, -0.2) is 28.3 Å². The third-order valence-electron chi connectivity index (χ3n) is 2.68. The van der Waals surface area contributed by atoms with Gasteiger partial charge in [-0.15, -0.1) is 11.8 Å². The van der Waals surface area contributed by atoms with E-state index in [-0.39, 0.29) is 5.91 Å². The lowest BCUT2D eigenvalue weighted by Crippen LogP contribution is -2.40. The third kappa shape index (κ3) is 4.89. The standard InChI is InChI=1S/C15H21NO3S/c1-4-7-12(15(18)19)16-14(17)11-8-5-6-9-13(11)20-10(2)3/h5-6,8-10,12H,4,7H2,1-3H3,(H,16,17)(H,18,19). The van der Waals surface area contributed by atoms with Crippen molar-refractivity contribution in [1.82, 2.24) is 5.32 Å². The Hall–Kier alpha value is -1.49. The first-order valence-electron chi connectivity index (χ1n) is 6.75. The van der Waals surface area contributed by atoms with Crippen LogP contribution in [0.1, 0.15) is 44.0 Å². The van der Waals surface area contributed by atoms with Crippen LogP contribution in [0.4, 0.5) is 0 Å². The van der Waals surface area contributed by atoms with Crippen LogP contribution in [0.3, 0.4) is 0 Å². The summed E-state index contributed by atoms with van der Waals surface area (Å²) in [4.78, 5) is 24.2. The van der Waals surface area contributed by atoms with Crippen molar-refractivity contribution in [3.05, 3.63) is 29.8 Å². The number of hydrogen-bond acceptors (Lipinski definition) is 3. The summed E-state index contributed by atoms with van der Waals surface area (Å²) < 4.78 is 0. The van der Waals surface area contributed by atoms with Crippen molar-refractivity contribution in [2.75, 3.05) is 0 Å². The van der Waals surface area contributed by atoms with Crippen molar-refractivity contribution in [3.8, 4) is 0 Å². The molecule has 0 aromatic heterocycles. The van der Waals surface area contributed by atoms with Gasteiger partial charge in [0.15, 0.2) is 0 Å². The highest BCUT2D eigenvalue weighted by atomic mass is 32.2. The molecule has 1 aromatic rings. The van der Waals surface area contributed by atoms with Gasteiger partial charge in [-0.25, -0.2) is 4.79 Å². The van der Waals surface area contributed by atoms with Crippen LogP contribution in [0, 0.1) is 0 Å². The molecule has 0 aliphatic rings. The monoisotopic (exact) mass is 295 g/mol. The van der Waals surface area contributed by atoms with Gasteiger partial charge in [-0.05, 0) is 18.6 Å². The molecule has 0 spiro atoms. The Morgan fingerprint density at radius 3 is 2.50 bits per heavy atom. The van der Waals surface area contributed by atoms with Gasteiger partial charge in [0.05, 0.1) is 5.56 Å². The van der Waals surface area contributed by atoms with Gasteiger partial charge in [-0.3, -0.25) is 4.79 Å². The predicted octanol–water partition coefficient (Wildman–Crippen LogP) is 3.17. The van der Waals surface area contributed by atoms with Crippen LogP contribution >= 0.6 is 11.8 Å². The number of carboxylic acid groups (broad SMARTS) is 1. The van der Waals surface area contributed by atoms with Crippen molar-refractivity contribution in [1.29, 1.82) is 0 Å². The van der Waals surface area contributed by atoms with Gasteiger partial charge in [0.1, 0.15) is 6.04 Å². The van der Waals surface area contributed by atoms with E-state index < -0.39 is 12.0 Å². The predicted molar refractivity (Wildman–Crippen MR) is 81.2 cm³/mol. The maximum Gasteiger partial charge on any atom is 0.326 e. The Morgan fingerprint density at radius 2 is 1.95 bits per heavy atom. The lowest BCUT2D eigenvalue weighted by molar-refractivity contribution is -0.139. The molecule has 0 saturated heterocycles. The summed E-state index contributed by atoms with van der Waals surface area (Å²) in [5, 5.41) is 12.0. The zero-order chi connectivity index (χ0) is 15.1. The quantitative estimate of drug-likeness (QED) is 0.758. The average Bonchev–Trinajstić information content (AvgIpc) is 2.37. The van der Waals surface area contributed by atoms with Crippen LogP contribution in [0.5, 0.6) is 0 Å². The minimum Gasteiger partial charge on any atom is -0.480 e. The highest BCUT2D eigenvalue weighted by molar-refractivity contribution is 8.00. The van der Waals surface area contributed by atoms with E-state index in [0.717, 1.165) is 4.90 Å². The van der Waals surface area contributed by atoms with Crippen LogP contribution in [0.25, 0.3) is 0 Å². The Kier molecular flexibility index (Phi) is 6.58. The molecule has 2 N–H and O–H groups in total. The fourth-order valence-corrected chi connectivity index (χ4v) is 2.75. The molecule has 1 amide bonds.